The van der Waals surface area contributed by atoms with Gasteiger partial charge in [0.25, 0.3) is 0 Å². The van der Waals surface area contributed by atoms with Gasteiger partial charge in [-0.2, -0.15) is 0 Å². The zero-order valence-corrected chi connectivity index (χ0v) is 18.3. The van der Waals surface area contributed by atoms with Gasteiger partial charge < -0.3 is 20.1 Å². The van der Waals surface area contributed by atoms with Crippen LogP contribution in [0.5, 0.6) is 0 Å². The van der Waals surface area contributed by atoms with Crippen LogP contribution in [0.3, 0.4) is 0 Å². The molecule has 144 valence electrons. The SMILES string of the molecule is CN=C(NCCCCCCC(=O)OC(C)(C)C)NCCCOC.I. The lowest BCUT2D eigenvalue weighted by Crippen LogP contribution is -2.38. The summed E-state index contributed by atoms with van der Waals surface area (Å²) in [6, 6.07) is 0. The Morgan fingerprint density at radius 1 is 1.00 bits per heavy atom. The Labute approximate surface area is 164 Å². The Morgan fingerprint density at radius 2 is 1.58 bits per heavy atom. The van der Waals surface area contributed by atoms with E-state index >= 15 is 0 Å². The lowest BCUT2D eigenvalue weighted by atomic mass is 10.1. The molecule has 0 aliphatic heterocycles. The zero-order valence-electron chi connectivity index (χ0n) is 15.9. The van der Waals surface area contributed by atoms with E-state index in [-0.39, 0.29) is 35.5 Å². The van der Waals surface area contributed by atoms with Crippen molar-refractivity contribution in [1.29, 1.82) is 0 Å². The first kappa shape index (κ1) is 25.7. The molecule has 0 unspecified atom stereocenters. The normalized spacial score (nSPS) is 11.6. The number of hydrogen-bond donors (Lipinski definition) is 2. The van der Waals surface area contributed by atoms with E-state index in [1.807, 2.05) is 20.8 Å². The van der Waals surface area contributed by atoms with Crippen LogP contribution in [0.25, 0.3) is 0 Å². The predicted octanol–water partition coefficient (Wildman–Crippen LogP) is 3.10. The number of nitrogens with zero attached hydrogens (tertiary/aromatic N) is 1. The highest BCUT2D eigenvalue weighted by Gasteiger charge is 2.15. The van der Waals surface area contributed by atoms with Crippen LogP contribution in [-0.4, -0.2) is 51.4 Å². The average molecular weight is 457 g/mol. The summed E-state index contributed by atoms with van der Waals surface area (Å²) in [5, 5.41) is 6.52. The lowest BCUT2D eigenvalue weighted by molar-refractivity contribution is -0.154. The van der Waals surface area contributed by atoms with Gasteiger partial charge in [0.1, 0.15) is 5.60 Å². The van der Waals surface area contributed by atoms with Crippen LogP contribution in [0, 0.1) is 0 Å². The minimum absolute atomic E-state index is 0. The van der Waals surface area contributed by atoms with Crippen LogP contribution >= 0.6 is 24.0 Å². The number of nitrogens with one attached hydrogen (secondary N) is 2. The first-order valence-electron chi connectivity index (χ1n) is 8.54. The quantitative estimate of drug-likeness (QED) is 0.164. The van der Waals surface area contributed by atoms with Crippen molar-refractivity contribution in [3.8, 4) is 0 Å². The maximum absolute atomic E-state index is 11.6. The fraction of sp³-hybridized carbons (Fsp3) is 0.882. The van der Waals surface area contributed by atoms with E-state index < -0.39 is 0 Å². The number of esters is 1. The van der Waals surface area contributed by atoms with Gasteiger partial charge in [-0.25, -0.2) is 0 Å². The summed E-state index contributed by atoms with van der Waals surface area (Å²) in [7, 11) is 3.47. The number of rotatable bonds is 11. The van der Waals surface area contributed by atoms with Crippen LogP contribution in [-0.2, 0) is 14.3 Å². The second-order valence-electron chi connectivity index (χ2n) is 6.52. The summed E-state index contributed by atoms with van der Waals surface area (Å²) in [5.41, 5.74) is -0.382. The largest absolute Gasteiger partial charge is 0.460 e. The molecule has 6 nitrogen and oxygen atoms in total. The van der Waals surface area contributed by atoms with Crippen LogP contribution < -0.4 is 10.6 Å². The monoisotopic (exact) mass is 457 g/mol. The molecule has 0 aromatic rings. The highest BCUT2D eigenvalue weighted by Crippen LogP contribution is 2.10. The highest BCUT2D eigenvalue weighted by atomic mass is 127. The maximum atomic E-state index is 11.6. The number of guanidine groups is 1. The van der Waals surface area contributed by atoms with E-state index in [1.54, 1.807) is 14.2 Å². The molecule has 0 radical (unpaired) electrons. The highest BCUT2D eigenvalue weighted by molar-refractivity contribution is 14.0. The molecule has 0 aromatic heterocycles. The number of hydrogen-bond acceptors (Lipinski definition) is 4. The lowest BCUT2D eigenvalue weighted by Gasteiger charge is -2.19. The van der Waals surface area contributed by atoms with Crippen LogP contribution in [0.4, 0.5) is 0 Å². The van der Waals surface area contributed by atoms with Crippen molar-refractivity contribution in [1.82, 2.24) is 10.6 Å². The zero-order chi connectivity index (χ0) is 17.6. The van der Waals surface area contributed by atoms with Crippen molar-refractivity contribution in [2.45, 2.75) is 64.9 Å². The van der Waals surface area contributed by atoms with Gasteiger partial charge in [0.15, 0.2) is 5.96 Å². The molecule has 0 fully saturated rings. The molecule has 0 spiro atoms. The van der Waals surface area contributed by atoms with Gasteiger partial charge in [0.05, 0.1) is 0 Å². The number of halogens is 1. The molecule has 24 heavy (non-hydrogen) atoms. The smallest absolute Gasteiger partial charge is 0.306 e. The van der Waals surface area contributed by atoms with E-state index in [2.05, 4.69) is 15.6 Å². The topological polar surface area (TPSA) is 72.0 Å². The van der Waals surface area contributed by atoms with E-state index in [1.165, 1.54) is 0 Å². The third kappa shape index (κ3) is 17.8. The van der Waals surface area contributed by atoms with Crippen molar-refractivity contribution in [3.05, 3.63) is 0 Å². The maximum Gasteiger partial charge on any atom is 0.306 e. The third-order valence-electron chi connectivity index (χ3n) is 3.06. The molecule has 0 aliphatic rings. The van der Waals surface area contributed by atoms with Crippen LogP contribution in [0.1, 0.15) is 59.3 Å². The Balaban J connectivity index is 0. The number of carbonyl (C=O) groups is 1. The van der Waals surface area contributed by atoms with Gasteiger partial charge in [-0.15, -0.1) is 24.0 Å². The number of carbonyl (C=O) groups excluding carboxylic acids is 1. The van der Waals surface area contributed by atoms with Gasteiger partial charge in [-0.3, -0.25) is 9.79 Å². The molecule has 0 aliphatic carbocycles. The molecular formula is C17H36IN3O3. The van der Waals surface area contributed by atoms with Crippen molar-refractivity contribution in [3.63, 3.8) is 0 Å². The Kier molecular flexibility index (Phi) is 17.0. The molecule has 0 amide bonds. The second kappa shape index (κ2) is 15.9. The molecule has 0 saturated carbocycles. The molecule has 0 bridgehead atoms. The molecule has 0 saturated heterocycles. The van der Waals surface area contributed by atoms with Crippen molar-refractivity contribution in [2.75, 3.05) is 33.9 Å². The molecule has 0 heterocycles. The van der Waals surface area contributed by atoms with Gasteiger partial charge in [0.2, 0.25) is 0 Å². The van der Waals surface area contributed by atoms with Gasteiger partial charge in [0, 0.05) is 40.3 Å². The summed E-state index contributed by atoms with van der Waals surface area (Å²) in [5.74, 6) is 0.728. The van der Waals surface area contributed by atoms with Crippen molar-refractivity contribution < 1.29 is 14.3 Å². The summed E-state index contributed by atoms with van der Waals surface area (Å²) in [4.78, 5) is 15.7. The average Bonchev–Trinajstić information content (AvgIpc) is 2.46. The fourth-order valence-electron chi connectivity index (χ4n) is 1.99. The summed E-state index contributed by atoms with van der Waals surface area (Å²) in [6.45, 7) is 8.17. The molecule has 0 rings (SSSR count). The van der Waals surface area contributed by atoms with E-state index in [4.69, 9.17) is 9.47 Å². The van der Waals surface area contributed by atoms with Gasteiger partial charge >= 0.3 is 5.97 Å². The molecule has 2 N–H and O–H groups in total. The Hall–Kier alpha value is -0.570. The Bertz CT molecular complexity index is 344. The van der Waals surface area contributed by atoms with Crippen molar-refractivity contribution in [2.24, 2.45) is 4.99 Å². The number of ether oxygens (including phenoxy) is 2. The molecule has 7 heteroatoms. The Morgan fingerprint density at radius 3 is 2.12 bits per heavy atom. The third-order valence-corrected chi connectivity index (χ3v) is 3.06. The molecule has 0 atom stereocenters. The first-order chi connectivity index (χ1) is 10.9. The van der Waals surface area contributed by atoms with Gasteiger partial charge in [-0.05, 0) is 40.0 Å². The minimum atomic E-state index is -0.382. The van der Waals surface area contributed by atoms with Crippen LogP contribution in [0.15, 0.2) is 4.99 Å². The number of aliphatic imine (C=N–C) groups is 1. The minimum Gasteiger partial charge on any atom is -0.460 e. The van der Waals surface area contributed by atoms with Crippen molar-refractivity contribution >= 4 is 35.9 Å². The van der Waals surface area contributed by atoms with E-state index in [0.29, 0.717) is 6.42 Å². The summed E-state index contributed by atoms with van der Waals surface area (Å²) < 4.78 is 10.3. The summed E-state index contributed by atoms with van der Waals surface area (Å²) in [6.07, 6.45) is 5.55. The predicted molar refractivity (Wildman–Crippen MR) is 110 cm³/mol. The summed E-state index contributed by atoms with van der Waals surface area (Å²) >= 11 is 0. The fourth-order valence-corrected chi connectivity index (χ4v) is 1.99. The number of unbranched alkanes of at least 4 members (excludes halogenated alkanes) is 3. The van der Waals surface area contributed by atoms with Crippen LogP contribution in [0.2, 0.25) is 0 Å². The standard InChI is InChI=1S/C17H35N3O3.HI/c1-17(2,3)23-15(21)11-8-6-7-9-12-19-16(18-4)20-13-10-14-22-5;/h6-14H2,1-5H3,(H2,18,19,20);1H. The second-order valence-corrected chi connectivity index (χ2v) is 6.52. The van der Waals surface area contributed by atoms with Gasteiger partial charge in [-0.1, -0.05) is 12.8 Å². The first-order valence-corrected chi connectivity index (χ1v) is 8.54. The van der Waals surface area contributed by atoms with E-state index in [0.717, 1.165) is 57.8 Å². The molecular weight excluding hydrogens is 421 g/mol. The van der Waals surface area contributed by atoms with E-state index in [9.17, 15) is 4.79 Å². The number of methoxy groups -OCH3 is 1. The molecule has 0 aromatic carbocycles.